The van der Waals surface area contributed by atoms with Gasteiger partial charge in [0.15, 0.2) is 0 Å². The van der Waals surface area contributed by atoms with E-state index in [0.717, 1.165) is 25.9 Å². The second kappa shape index (κ2) is 8.00. The molecule has 102 valence electrons. The molecular weight excluding hydrogens is 222 g/mol. The second-order valence-electron chi connectivity index (χ2n) is 4.78. The maximum Gasteiger partial charge on any atom is 0.0900 e. The van der Waals surface area contributed by atoms with Gasteiger partial charge in [0.2, 0.25) is 0 Å². The number of methoxy groups -OCH3 is 1. The molecule has 0 aliphatic carbocycles. The summed E-state index contributed by atoms with van der Waals surface area (Å²) in [6.07, 6.45) is 0.977. The van der Waals surface area contributed by atoms with Crippen LogP contribution >= 0.6 is 0 Å². The highest BCUT2D eigenvalue weighted by Gasteiger charge is 2.19. The van der Waals surface area contributed by atoms with Gasteiger partial charge >= 0.3 is 0 Å². The molecule has 0 amide bonds. The van der Waals surface area contributed by atoms with E-state index in [-0.39, 0.29) is 12.2 Å². The van der Waals surface area contributed by atoms with Crippen LogP contribution in [0.4, 0.5) is 0 Å². The lowest BCUT2D eigenvalue weighted by molar-refractivity contribution is -0.0436. The highest BCUT2D eigenvalue weighted by Crippen LogP contribution is 2.10. The predicted molar refractivity (Wildman–Crippen MR) is 65.0 cm³/mol. The highest BCUT2D eigenvalue weighted by molar-refractivity contribution is 4.73. The fraction of sp³-hybridized carbons (Fsp3) is 1.00. The van der Waals surface area contributed by atoms with Crippen molar-refractivity contribution >= 4 is 0 Å². The SMILES string of the molecule is COCC(C)OCC(O)CN1CCC(O)CC1. The molecule has 17 heavy (non-hydrogen) atoms. The standard InChI is InChI=1S/C12H25NO4/c1-10(8-16-2)17-9-12(15)7-13-5-3-11(14)4-6-13/h10-12,14-15H,3-9H2,1-2H3. The molecular formula is C12H25NO4. The zero-order valence-corrected chi connectivity index (χ0v) is 10.8. The number of rotatable bonds is 7. The zero-order chi connectivity index (χ0) is 12.7. The molecule has 1 saturated heterocycles. The molecule has 1 heterocycles. The van der Waals surface area contributed by atoms with Crippen molar-refractivity contribution in [3.8, 4) is 0 Å². The van der Waals surface area contributed by atoms with Crippen LogP contribution in [0.1, 0.15) is 19.8 Å². The third-order valence-corrected chi connectivity index (χ3v) is 3.00. The minimum Gasteiger partial charge on any atom is -0.393 e. The number of ether oxygens (including phenoxy) is 2. The Kier molecular flexibility index (Phi) is 6.99. The average molecular weight is 247 g/mol. The molecule has 1 aliphatic heterocycles. The first kappa shape index (κ1) is 14.9. The predicted octanol–water partition coefficient (Wildman–Crippen LogP) is -0.144. The number of nitrogens with zero attached hydrogens (tertiary/aromatic N) is 1. The van der Waals surface area contributed by atoms with Crippen LogP contribution in [0.2, 0.25) is 0 Å². The van der Waals surface area contributed by atoms with Crippen LogP contribution in [0.5, 0.6) is 0 Å². The van der Waals surface area contributed by atoms with Crippen molar-refractivity contribution in [2.24, 2.45) is 0 Å². The third-order valence-electron chi connectivity index (χ3n) is 3.00. The number of piperidine rings is 1. The first-order chi connectivity index (χ1) is 8.11. The summed E-state index contributed by atoms with van der Waals surface area (Å²) in [4.78, 5) is 2.17. The lowest BCUT2D eigenvalue weighted by Gasteiger charge is -2.31. The second-order valence-corrected chi connectivity index (χ2v) is 4.78. The van der Waals surface area contributed by atoms with Crippen molar-refractivity contribution in [1.29, 1.82) is 0 Å². The average Bonchev–Trinajstić information content (AvgIpc) is 2.30. The molecule has 5 heteroatoms. The largest absolute Gasteiger partial charge is 0.393 e. The molecule has 0 aromatic carbocycles. The monoisotopic (exact) mass is 247 g/mol. The fourth-order valence-corrected chi connectivity index (χ4v) is 2.01. The molecule has 2 atom stereocenters. The lowest BCUT2D eigenvalue weighted by atomic mass is 10.1. The summed E-state index contributed by atoms with van der Waals surface area (Å²) in [5, 5.41) is 19.2. The summed E-state index contributed by atoms with van der Waals surface area (Å²) in [6.45, 7) is 5.13. The van der Waals surface area contributed by atoms with Gasteiger partial charge in [-0.2, -0.15) is 0 Å². The van der Waals surface area contributed by atoms with E-state index in [4.69, 9.17) is 9.47 Å². The summed E-state index contributed by atoms with van der Waals surface area (Å²) in [7, 11) is 1.63. The first-order valence-electron chi connectivity index (χ1n) is 6.30. The van der Waals surface area contributed by atoms with E-state index in [9.17, 15) is 10.2 Å². The Morgan fingerprint density at radius 2 is 1.94 bits per heavy atom. The Morgan fingerprint density at radius 1 is 1.29 bits per heavy atom. The van der Waals surface area contributed by atoms with Crippen molar-refractivity contribution in [3.63, 3.8) is 0 Å². The van der Waals surface area contributed by atoms with E-state index >= 15 is 0 Å². The van der Waals surface area contributed by atoms with Crippen molar-refractivity contribution in [2.45, 2.75) is 38.1 Å². The van der Waals surface area contributed by atoms with Crippen LogP contribution in [0, 0.1) is 0 Å². The Labute approximate surface area is 103 Å². The molecule has 2 unspecified atom stereocenters. The molecule has 2 N–H and O–H groups in total. The molecule has 5 nitrogen and oxygen atoms in total. The van der Waals surface area contributed by atoms with Crippen LogP contribution in [-0.2, 0) is 9.47 Å². The minimum atomic E-state index is -0.468. The van der Waals surface area contributed by atoms with Crippen molar-refractivity contribution < 1.29 is 19.7 Å². The minimum absolute atomic E-state index is 0.0119. The topological polar surface area (TPSA) is 62.2 Å². The van der Waals surface area contributed by atoms with E-state index in [0.29, 0.717) is 19.8 Å². The summed E-state index contributed by atoms with van der Waals surface area (Å²) < 4.78 is 10.4. The van der Waals surface area contributed by atoms with Gasteiger partial charge in [-0.1, -0.05) is 0 Å². The van der Waals surface area contributed by atoms with Crippen molar-refractivity contribution in [1.82, 2.24) is 4.90 Å². The van der Waals surface area contributed by atoms with Crippen molar-refractivity contribution in [2.75, 3.05) is 40.0 Å². The summed E-state index contributed by atoms with van der Waals surface area (Å²) in [5.74, 6) is 0. The summed E-state index contributed by atoms with van der Waals surface area (Å²) >= 11 is 0. The van der Waals surface area contributed by atoms with Gasteiger partial charge < -0.3 is 24.6 Å². The van der Waals surface area contributed by atoms with Crippen molar-refractivity contribution in [3.05, 3.63) is 0 Å². The van der Waals surface area contributed by atoms with Crippen LogP contribution in [0.25, 0.3) is 0 Å². The number of aliphatic hydroxyl groups excluding tert-OH is 2. The maximum absolute atomic E-state index is 9.81. The van der Waals surface area contributed by atoms with Gasteiger partial charge in [-0.05, 0) is 19.8 Å². The Balaban J connectivity index is 2.10. The van der Waals surface area contributed by atoms with Gasteiger partial charge in [-0.25, -0.2) is 0 Å². The number of hydrogen-bond donors (Lipinski definition) is 2. The van der Waals surface area contributed by atoms with Crippen LogP contribution < -0.4 is 0 Å². The van der Waals surface area contributed by atoms with Gasteiger partial charge in [-0.3, -0.25) is 0 Å². The first-order valence-corrected chi connectivity index (χ1v) is 6.30. The van der Waals surface area contributed by atoms with Crippen LogP contribution in [0.3, 0.4) is 0 Å². The fourth-order valence-electron chi connectivity index (χ4n) is 2.01. The van der Waals surface area contributed by atoms with Crippen LogP contribution in [-0.4, -0.2) is 73.4 Å². The molecule has 0 aromatic rings. The maximum atomic E-state index is 9.81. The molecule has 0 saturated carbocycles. The highest BCUT2D eigenvalue weighted by atomic mass is 16.5. The van der Waals surface area contributed by atoms with E-state index in [1.807, 2.05) is 6.92 Å². The Bertz CT molecular complexity index is 195. The quantitative estimate of drug-likeness (QED) is 0.655. The molecule has 0 aromatic heterocycles. The molecule has 1 fully saturated rings. The van der Waals surface area contributed by atoms with Gasteiger partial charge in [-0.15, -0.1) is 0 Å². The number of likely N-dealkylation sites (tertiary alicyclic amines) is 1. The van der Waals surface area contributed by atoms with Crippen LogP contribution in [0.15, 0.2) is 0 Å². The number of aliphatic hydroxyl groups is 2. The molecule has 1 rings (SSSR count). The number of β-amino-alcohol motifs (C(OH)–C–C–N with tert-alkyl or cyclic N) is 1. The molecule has 0 radical (unpaired) electrons. The van der Waals surface area contributed by atoms with E-state index in [1.165, 1.54) is 0 Å². The third kappa shape index (κ3) is 6.33. The smallest absolute Gasteiger partial charge is 0.0900 e. The van der Waals surface area contributed by atoms with Gasteiger partial charge in [0, 0.05) is 26.7 Å². The molecule has 0 bridgehead atoms. The molecule has 0 spiro atoms. The van der Waals surface area contributed by atoms with Gasteiger partial charge in [0.05, 0.1) is 31.5 Å². The van der Waals surface area contributed by atoms with Gasteiger partial charge in [0.25, 0.3) is 0 Å². The van der Waals surface area contributed by atoms with E-state index in [2.05, 4.69) is 4.90 Å². The van der Waals surface area contributed by atoms with E-state index in [1.54, 1.807) is 7.11 Å². The summed E-state index contributed by atoms with van der Waals surface area (Å²) in [5.41, 5.74) is 0. The van der Waals surface area contributed by atoms with Gasteiger partial charge in [0.1, 0.15) is 0 Å². The number of hydrogen-bond acceptors (Lipinski definition) is 5. The molecule has 1 aliphatic rings. The summed E-state index contributed by atoms with van der Waals surface area (Å²) in [6, 6.07) is 0. The van der Waals surface area contributed by atoms with E-state index < -0.39 is 6.10 Å². The Morgan fingerprint density at radius 3 is 2.53 bits per heavy atom. The zero-order valence-electron chi connectivity index (χ0n) is 10.8. The lowest BCUT2D eigenvalue weighted by Crippen LogP contribution is -2.41. The Hall–Kier alpha value is -0.200. The normalized spacial score (nSPS) is 22.6.